The van der Waals surface area contributed by atoms with Gasteiger partial charge in [-0.3, -0.25) is 4.79 Å². The summed E-state index contributed by atoms with van der Waals surface area (Å²) in [5.74, 6) is -0.0426. The summed E-state index contributed by atoms with van der Waals surface area (Å²) in [6.07, 6.45) is 1.19. The number of amides is 1. The number of nitrogens with one attached hydrogen (secondary N) is 2. The fourth-order valence-electron chi connectivity index (χ4n) is 0.834. The molecule has 1 amide bonds. The van der Waals surface area contributed by atoms with Crippen LogP contribution in [0.2, 0.25) is 0 Å². The third kappa shape index (κ3) is 8.97. The molecular weight excluding hydrogens is 182 g/mol. The molecule has 5 heteroatoms. The van der Waals surface area contributed by atoms with Crippen LogP contribution in [-0.4, -0.2) is 39.3 Å². The molecule has 0 aromatic rings. The normalized spacial score (nSPS) is 9.43. The lowest BCUT2D eigenvalue weighted by Gasteiger charge is -2.04. The minimum atomic E-state index is -0.0426. The van der Waals surface area contributed by atoms with Gasteiger partial charge in [0, 0.05) is 26.6 Å². The standard InChI is InChI=1S/C9H17N3O2/c1-14-7-6-11-8-9(13)12-5-3-2-4-10/h11H,2-3,5-8H2,1H3,(H,12,13). The Hall–Kier alpha value is -1.12. The quantitative estimate of drug-likeness (QED) is 0.524. The summed E-state index contributed by atoms with van der Waals surface area (Å²) in [4.78, 5) is 11.1. The molecule has 0 aromatic heterocycles. The molecule has 0 spiro atoms. The second kappa shape index (κ2) is 9.96. The van der Waals surface area contributed by atoms with Gasteiger partial charge in [0.2, 0.25) is 5.91 Å². The maximum Gasteiger partial charge on any atom is 0.233 e. The molecule has 0 saturated carbocycles. The Morgan fingerprint density at radius 3 is 2.93 bits per heavy atom. The molecule has 80 valence electrons. The predicted octanol–water partition coefficient (Wildman–Crippen LogP) is -0.358. The first-order valence-corrected chi connectivity index (χ1v) is 4.64. The summed E-state index contributed by atoms with van der Waals surface area (Å²) in [7, 11) is 1.61. The number of unbranched alkanes of at least 4 members (excludes halogenated alkanes) is 1. The van der Waals surface area contributed by atoms with Crippen molar-refractivity contribution in [1.82, 2.24) is 10.6 Å². The van der Waals surface area contributed by atoms with Crippen LogP contribution in [0.15, 0.2) is 0 Å². The van der Waals surface area contributed by atoms with Crippen LogP contribution < -0.4 is 10.6 Å². The molecule has 0 fully saturated rings. The molecule has 0 heterocycles. The fraction of sp³-hybridized carbons (Fsp3) is 0.778. The van der Waals surface area contributed by atoms with E-state index in [1.54, 1.807) is 7.11 Å². The average Bonchev–Trinajstić information content (AvgIpc) is 2.19. The topological polar surface area (TPSA) is 74.2 Å². The SMILES string of the molecule is COCCNCC(=O)NCCCC#N. The number of nitrogens with zero attached hydrogens (tertiary/aromatic N) is 1. The summed E-state index contributed by atoms with van der Waals surface area (Å²) >= 11 is 0. The maximum atomic E-state index is 11.1. The molecule has 0 radical (unpaired) electrons. The molecule has 0 aliphatic carbocycles. The van der Waals surface area contributed by atoms with Crippen LogP contribution in [0.1, 0.15) is 12.8 Å². The second-order valence-corrected chi connectivity index (χ2v) is 2.78. The van der Waals surface area contributed by atoms with E-state index in [1.165, 1.54) is 0 Å². The van der Waals surface area contributed by atoms with Crippen molar-refractivity contribution in [3.05, 3.63) is 0 Å². The third-order valence-electron chi connectivity index (χ3n) is 1.56. The van der Waals surface area contributed by atoms with Crippen LogP contribution in [0, 0.1) is 11.3 Å². The fourth-order valence-corrected chi connectivity index (χ4v) is 0.834. The van der Waals surface area contributed by atoms with E-state index in [0.717, 1.165) is 0 Å². The van der Waals surface area contributed by atoms with Gasteiger partial charge in [-0.25, -0.2) is 0 Å². The number of hydrogen-bond donors (Lipinski definition) is 2. The van der Waals surface area contributed by atoms with Gasteiger partial charge < -0.3 is 15.4 Å². The summed E-state index contributed by atoms with van der Waals surface area (Å²) < 4.78 is 4.81. The molecule has 0 saturated heterocycles. The van der Waals surface area contributed by atoms with Gasteiger partial charge >= 0.3 is 0 Å². The smallest absolute Gasteiger partial charge is 0.233 e. The van der Waals surface area contributed by atoms with Crippen molar-refractivity contribution in [2.75, 3.05) is 33.4 Å². The number of nitriles is 1. The summed E-state index contributed by atoms with van der Waals surface area (Å²) in [6, 6.07) is 2.02. The highest BCUT2D eigenvalue weighted by Gasteiger charge is 1.98. The summed E-state index contributed by atoms with van der Waals surface area (Å²) in [6.45, 7) is 2.14. The molecule has 0 atom stereocenters. The molecule has 0 rings (SSSR count). The van der Waals surface area contributed by atoms with Gasteiger partial charge in [0.15, 0.2) is 0 Å². The number of methoxy groups -OCH3 is 1. The summed E-state index contributed by atoms with van der Waals surface area (Å²) in [5, 5.41) is 13.9. The minimum absolute atomic E-state index is 0.0426. The third-order valence-corrected chi connectivity index (χ3v) is 1.56. The van der Waals surface area contributed by atoms with Crippen molar-refractivity contribution in [3.8, 4) is 6.07 Å². The highest BCUT2D eigenvalue weighted by atomic mass is 16.5. The van der Waals surface area contributed by atoms with Gasteiger partial charge in [0.1, 0.15) is 0 Å². The monoisotopic (exact) mass is 199 g/mol. The van der Waals surface area contributed by atoms with Crippen molar-refractivity contribution in [3.63, 3.8) is 0 Å². The number of hydrogen-bond acceptors (Lipinski definition) is 4. The van der Waals surface area contributed by atoms with Crippen LogP contribution in [0.25, 0.3) is 0 Å². The Morgan fingerprint density at radius 2 is 2.29 bits per heavy atom. The lowest BCUT2D eigenvalue weighted by atomic mass is 10.3. The van der Waals surface area contributed by atoms with E-state index in [1.807, 2.05) is 6.07 Å². The van der Waals surface area contributed by atoms with Gasteiger partial charge in [0.25, 0.3) is 0 Å². The second-order valence-electron chi connectivity index (χ2n) is 2.78. The van der Waals surface area contributed by atoms with E-state index < -0.39 is 0 Å². The van der Waals surface area contributed by atoms with Crippen molar-refractivity contribution < 1.29 is 9.53 Å². The van der Waals surface area contributed by atoms with E-state index in [4.69, 9.17) is 10.00 Å². The average molecular weight is 199 g/mol. The zero-order valence-electron chi connectivity index (χ0n) is 8.51. The first kappa shape index (κ1) is 12.9. The number of rotatable bonds is 8. The zero-order chi connectivity index (χ0) is 10.6. The van der Waals surface area contributed by atoms with Gasteiger partial charge in [-0.05, 0) is 6.42 Å². The molecular formula is C9H17N3O2. The first-order chi connectivity index (χ1) is 6.81. The Bertz CT molecular complexity index is 189. The first-order valence-electron chi connectivity index (χ1n) is 4.64. The van der Waals surface area contributed by atoms with Gasteiger partial charge in [-0.1, -0.05) is 0 Å². The molecule has 14 heavy (non-hydrogen) atoms. The van der Waals surface area contributed by atoms with Crippen molar-refractivity contribution in [2.24, 2.45) is 0 Å². The van der Waals surface area contributed by atoms with E-state index >= 15 is 0 Å². The lowest BCUT2D eigenvalue weighted by molar-refractivity contribution is -0.120. The Balaban J connectivity index is 3.16. The van der Waals surface area contributed by atoms with E-state index in [9.17, 15) is 4.79 Å². The minimum Gasteiger partial charge on any atom is -0.383 e. The highest BCUT2D eigenvalue weighted by molar-refractivity contribution is 5.77. The van der Waals surface area contributed by atoms with Crippen molar-refractivity contribution in [2.45, 2.75) is 12.8 Å². The molecule has 0 aromatic carbocycles. The molecule has 2 N–H and O–H groups in total. The van der Waals surface area contributed by atoms with Crippen LogP contribution >= 0.6 is 0 Å². The number of carbonyl (C=O) groups is 1. The lowest BCUT2D eigenvalue weighted by Crippen LogP contribution is -2.35. The van der Waals surface area contributed by atoms with E-state index in [-0.39, 0.29) is 5.91 Å². The van der Waals surface area contributed by atoms with Gasteiger partial charge in [-0.2, -0.15) is 5.26 Å². The molecule has 5 nitrogen and oxygen atoms in total. The Morgan fingerprint density at radius 1 is 1.50 bits per heavy atom. The van der Waals surface area contributed by atoms with Crippen LogP contribution in [0.3, 0.4) is 0 Å². The van der Waals surface area contributed by atoms with E-state index in [2.05, 4.69) is 10.6 Å². The van der Waals surface area contributed by atoms with Crippen molar-refractivity contribution in [1.29, 1.82) is 5.26 Å². The van der Waals surface area contributed by atoms with Gasteiger partial charge in [-0.15, -0.1) is 0 Å². The predicted molar refractivity (Wildman–Crippen MR) is 52.6 cm³/mol. The largest absolute Gasteiger partial charge is 0.383 e. The Labute approximate surface area is 84.4 Å². The number of ether oxygens (including phenoxy) is 1. The summed E-state index contributed by atoms with van der Waals surface area (Å²) in [5.41, 5.74) is 0. The van der Waals surface area contributed by atoms with E-state index in [0.29, 0.717) is 39.1 Å². The van der Waals surface area contributed by atoms with Crippen molar-refractivity contribution >= 4 is 5.91 Å². The maximum absolute atomic E-state index is 11.1. The van der Waals surface area contributed by atoms with Gasteiger partial charge in [0.05, 0.1) is 19.2 Å². The zero-order valence-corrected chi connectivity index (χ0v) is 8.51. The molecule has 0 unspecified atom stereocenters. The molecule has 0 bridgehead atoms. The van der Waals surface area contributed by atoms with Crippen LogP contribution in [-0.2, 0) is 9.53 Å². The molecule has 0 aliphatic heterocycles. The Kier molecular flexibility index (Phi) is 9.17. The van der Waals surface area contributed by atoms with Crippen LogP contribution in [0.4, 0.5) is 0 Å². The number of carbonyl (C=O) groups excluding carboxylic acids is 1. The highest BCUT2D eigenvalue weighted by Crippen LogP contribution is 1.82. The van der Waals surface area contributed by atoms with Crippen LogP contribution in [0.5, 0.6) is 0 Å². The molecule has 0 aliphatic rings.